The van der Waals surface area contributed by atoms with E-state index in [9.17, 15) is 9.59 Å². The number of carbonyl (C=O) groups is 2. The van der Waals surface area contributed by atoms with Crippen LogP contribution in [0.25, 0.3) is 0 Å². The number of carbonyl (C=O) groups excluding carboxylic acids is 2. The lowest BCUT2D eigenvalue weighted by atomic mass is 9.48. The van der Waals surface area contributed by atoms with Crippen molar-refractivity contribution in [1.82, 2.24) is 5.32 Å². The molecule has 0 aliphatic heterocycles. The zero-order valence-electron chi connectivity index (χ0n) is 16.2. The first-order valence-corrected chi connectivity index (χ1v) is 10.4. The van der Waals surface area contributed by atoms with Crippen molar-refractivity contribution < 1.29 is 9.59 Å². The van der Waals surface area contributed by atoms with Crippen LogP contribution in [0.4, 0.5) is 11.4 Å². The second kappa shape index (κ2) is 7.17. The standard InChI is InChI=1S/C22H31N3O2/c1-14(22-11-15-8-16(12-22)10-17(9-15)13-22)24-20(26)6-7-21(27)25-19-4-2-18(23)3-5-19/h2-5,14-17H,6-13,23H2,1H3,(H,24,26)(H,25,27). The van der Waals surface area contributed by atoms with Crippen molar-refractivity contribution in [2.45, 2.75) is 64.3 Å². The van der Waals surface area contributed by atoms with Crippen molar-refractivity contribution in [2.75, 3.05) is 11.1 Å². The molecular formula is C22H31N3O2. The molecule has 4 fully saturated rings. The van der Waals surface area contributed by atoms with Gasteiger partial charge in [-0.25, -0.2) is 0 Å². The molecule has 0 aromatic heterocycles. The van der Waals surface area contributed by atoms with Crippen LogP contribution in [-0.4, -0.2) is 17.9 Å². The maximum absolute atomic E-state index is 12.4. The minimum Gasteiger partial charge on any atom is -0.399 e. The van der Waals surface area contributed by atoms with Crippen LogP contribution in [0.3, 0.4) is 0 Å². The van der Waals surface area contributed by atoms with E-state index in [0.29, 0.717) is 16.8 Å². The normalized spacial score (nSPS) is 32.1. The van der Waals surface area contributed by atoms with Crippen LogP contribution >= 0.6 is 0 Å². The Morgan fingerprint density at radius 1 is 1.00 bits per heavy atom. The number of rotatable bonds is 6. The van der Waals surface area contributed by atoms with Crippen molar-refractivity contribution in [1.29, 1.82) is 0 Å². The SMILES string of the molecule is CC(NC(=O)CCC(=O)Nc1ccc(N)cc1)C12CC3CC(CC(C3)C1)C2. The first kappa shape index (κ1) is 18.3. The molecule has 4 aliphatic carbocycles. The zero-order valence-corrected chi connectivity index (χ0v) is 16.2. The predicted molar refractivity (Wildman–Crippen MR) is 107 cm³/mol. The van der Waals surface area contributed by atoms with E-state index in [4.69, 9.17) is 5.73 Å². The molecule has 0 heterocycles. The lowest BCUT2D eigenvalue weighted by Gasteiger charge is -2.59. The lowest BCUT2D eigenvalue weighted by molar-refractivity contribution is -0.128. The fourth-order valence-corrected chi connectivity index (χ4v) is 6.19. The Labute approximate surface area is 161 Å². The van der Waals surface area contributed by atoms with Gasteiger partial charge in [0, 0.05) is 30.3 Å². The van der Waals surface area contributed by atoms with Gasteiger partial charge in [0.2, 0.25) is 11.8 Å². The second-order valence-corrected chi connectivity index (χ2v) is 9.24. The van der Waals surface area contributed by atoms with Crippen LogP contribution in [0.2, 0.25) is 0 Å². The Bertz CT molecular complexity index is 677. The summed E-state index contributed by atoms with van der Waals surface area (Å²) in [5, 5.41) is 6.04. The lowest BCUT2D eigenvalue weighted by Crippen LogP contribution is -2.55. The Morgan fingerprint density at radius 3 is 2.07 bits per heavy atom. The minimum atomic E-state index is -0.141. The molecule has 0 saturated heterocycles. The number of hydrogen-bond acceptors (Lipinski definition) is 3. The summed E-state index contributed by atoms with van der Waals surface area (Å²) in [6, 6.07) is 7.23. The first-order chi connectivity index (χ1) is 12.9. The average molecular weight is 370 g/mol. The molecule has 0 radical (unpaired) electrons. The van der Waals surface area contributed by atoms with E-state index in [0.717, 1.165) is 17.8 Å². The number of anilines is 2. The minimum absolute atomic E-state index is 0.00861. The fourth-order valence-electron chi connectivity index (χ4n) is 6.19. The maximum atomic E-state index is 12.4. The molecule has 4 N–H and O–H groups in total. The summed E-state index contributed by atoms with van der Waals surface area (Å²) < 4.78 is 0. The summed E-state index contributed by atoms with van der Waals surface area (Å²) in [6.07, 6.45) is 8.48. The van der Waals surface area contributed by atoms with Crippen LogP contribution in [0.15, 0.2) is 24.3 Å². The maximum Gasteiger partial charge on any atom is 0.224 e. The molecule has 4 bridgehead atoms. The first-order valence-electron chi connectivity index (χ1n) is 10.4. The highest BCUT2D eigenvalue weighted by Crippen LogP contribution is 2.61. The number of nitrogen functional groups attached to an aromatic ring is 1. The van der Waals surface area contributed by atoms with Crippen molar-refractivity contribution in [3.63, 3.8) is 0 Å². The molecule has 5 nitrogen and oxygen atoms in total. The molecule has 1 aromatic rings. The highest BCUT2D eigenvalue weighted by Gasteiger charge is 2.53. The van der Waals surface area contributed by atoms with Gasteiger partial charge in [-0.1, -0.05) is 0 Å². The summed E-state index contributed by atoms with van der Waals surface area (Å²) in [6.45, 7) is 2.18. The van der Waals surface area contributed by atoms with Crippen LogP contribution in [0.1, 0.15) is 58.3 Å². The highest BCUT2D eigenvalue weighted by molar-refractivity contribution is 5.93. The number of nitrogens with two attached hydrogens (primary N) is 1. The third-order valence-corrected chi connectivity index (χ3v) is 7.16. The monoisotopic (exact) mass is 369 g/mol. The molecule has 5 rings (SSSR count). The van der Waals surface area contributed by atoms with E-state index in [1.165, 1.54) is 38.5 Å². The smallest absolute Gasteiger partial charge is 0.224 e. The predicted octanol–water partition coefficient (Wildman–Crippen LogP) is 3.71. The average Bonchev–Trinajstić information content (AvgIpc) is 2.61. The van der Waals surface area contributed by atoms with E-state index in [-0.39, 0.29) is 30.7 Å². The van der Waals surface area contributed by atoms with E-state index < -0.39 is 0 Å². The number of benzene rings is 1. The van der Waals surface area contributed by atoms with E-state index in [1.54, 1.807) is 24.3 Å². The number of amides is 2. The van der Waals surface area contributed by atoms with Crippen molar-refractivity contribution in [3.8, 4) is 0 Å². The summed E-state index contributed by atoms with van der Waals surface area (Å²) >= 11 is 0. The molecule has 146 valence electrons. The Balaban J connectivity index is 1.25. The number of hydrogen-bond donors (Lipinski definition) is 3. The number of nitrogens with one attached hydrogen (secondary N) is 2. The Kier molecular flexibility index (Phi) is 4.87. The van der Waals surface area contributed by atoms with Crippen molar-refractivity contribution in [3.05, 3.63) is 24.3 Å². The molecule has 2 amide bonds. The second-order valence-electron chi connectivity index (χ2n) is 9.24. The molecule has 0 spiro atoms. The van der Waals surface area contributed by atoms with Gasteiger partial charge in [0.05, 0.1) is 0 Å². The molecule has 5 heteroatoms. The Hall–Kier alpha value is -2.04. The van der Waals surface area contributed by atoms with E-state index in [2.05, 4.69) is 17.6 Å². The summed E-state index contributed by atoms with van der Waals surface area (Å²) in [4.78, 5) is 24.5. The largest absolute Gasteiger partial charge is 0.399 e. The van der Waals surface area contributed by atoms with Crippen molar-refractivity contribution in [2.24, 2.45) is 23.2 Å². The zero-order chi connectivity index (χ0) is 19.0. The summed E-state index contributed by atoms with van der Waals surface area (Å²) in [7, 11) is 0. The van der Waals surface area contributed by atoms with E-state index in [1.807, 2.05) is 0 Å². The fraction of sp³-hybridized carbons (Fsp3) is 0.636. The van der Waals surface area contributed by atoms with Gasteiger partial charge >= 0.3 is 0 Å². The van der Waals surface area contributed by atoms with Gasteiger partial charge in [0.15, 0.2) is 0 Å². The topological polar surface area (TPSA) is 84.2 Å². The molecular weight excluding hydrogens is 338 g/mol. The van der Waals surface area contributed by atoms with Gasteiger partial charge in [-0.3, -0.25) is 9.59 Å². The van der Waals surface area contributed by atoms with Gasteiger partial charge in [-0.15, -0.1) is 0 Å². The van der Waals surface area contributed by atoms with Crippen molar-refractivity contribution >= 4 is 23.2 Å². The van der Waals surface area contributed by atoms with Gasteiger partial charge in [0.25, 0.3) is 0 Å². The third-order valence-electron chi connectivity index (χ3n) is 7.16. The van der Waals surface area contributed by atoms with E-state index >= 15 is 0 Å². The van der Waals surface area contributed by atoms with Crippen LogP contribution in [-0.2, 0) is 9.59 Å². The molecule has 27 heavy (non-hydrogen) atoms. The van der Waals surface area contributed by atoms with Crippen LogP contribution in [0, 0.1) is 23.2 Å². The molecule has 4 aliphatic rings. The van der Waals surface area contributed by atoms with Crippen LogP contribution < -0.4 is 16.4 Å². The Morgan fingerprint density at radius 2 is 1.52 bits per heavy atom. The van der Waals surface area contributed by atoms with Gasteiger partial charge in [0.1, 0.15) is 0 Å². The molecule has 1 aromatic carbocycles. The van der Waals surface area contributed by atoms with Gasteiger partial charge in [-0.2, -0.15) is 0 Å². The van der Waals surface area contributed by atoms with Crippen LogP contribution in [0.5, 0.6) is 0 Å². The molecule has 4 saturated carbocycles. The van der Waals surface area contributed by atoms with Gasteiger partial charge < -0.3 is 16.4 Å². The molecule has 1 atom stereocenters. The summed E-state index contributed by atoms with van der Waals surface area (Å²) in [5.41, 5.74) is 7.31. The quantitative estimate of drug-likeness (QED) is 0.668. The highest BCUT2D eigenvalue weighted by atomic mass is 16.2. The van der Waals surface area contributed by atoms with Gasteiger partial charge in [-0.05, 0) is 92.9 Å². The molecule has 1 unspecified atom stereocenters. The summed E-state index contributed by atoms with van der Waals surface area (Å²) in [5.74, 6) is 2.48. The third kappa shape index (κ3) is 3.97.